The smallest absolute Gasteiger partial charge is 0.269 e. The van der Waals surface area contributed by atoms with Crippen molar-refractivity contribution in [1.29, 1.82) is 0 Å². The summed E-state index contributed by atoms with van der Waals surface area (Å²) < 4.78 is 28.9. The third-order valence-corrected chi connectivity index (χ3v) is 8.18. The highest BCUT2D eigenvalue weighted by Gasteiger charge is 2.54. The highest BCUT2D eigenvalue weighted by molar-refractivity contribution is 7.92. The molecule has 5 rings (SSSR count). The fourth-order valence-electron chi connectivity index (χ4n) is 4.79. The van der Waals surface area contributed by atoms with Gasteiger partial charge in [-0.3, -0.25) is 19.2 Å². The standard InChI is InChI=1S/C24H21N3O5S/c1-15-6-12-18(13-7-15)33(31,32)26-20-5-3-2-4-19(20)23-22(28)14-21(26)24(23)25-16-8-10-17(11-9-16)27(29)30/h2-13,21,23-25H,14H2,1H3. The minimum atomic E-state index is -3.94. The number of Topliss-reactive ketones (excluding diaryl/α,β-unsaturated/α-hetero) is 1. The van der Waals surface area contributed by atoms with Gasteiger partial charge in [0, 0.05) is 24.2 Å². The third kappa shape index (κ3) is 3.45. The molecule has 8 nitrogen and oxygen atoms in total. The molecule has 0 saturated heterocycles. The maximum absolute atomic E-state index is 13.8. The second kappa shape index (κ2) is 7.70. The quantitative estimate of drug-likeness (QED) is 0.452. The van der Waals surface area contributed by atoms with Crippen LogP contribution >= 0.6 is 0 Å². The summed E-state index contributed by atoms with van der Waals surface area (Å²) in [4.78, 5) is 23.7. The molecule has 1 heterocycles. The summed E-state index contributed by atoms with van der Waals surface area (Å²) in [5.74, 6) is -0.542. The Morgan fingerprint density at radius 3 is 2.33 bits per heavy atom. The molecule has 0 amide bonds. The first-order valence-corrected chi connectivity index (χ1v) is 11.9. The first-order valence-electron chi connectivity index (χ1n) is 10.5. The largest absolute Gasteiger partial charge is 0.379 e. The van der Waals surface area contributed by atoms with Gasteiger partial charge in [-0.05, 0) is 42.8 Å². The van der Waals surface area contributed by atoms with Gasteiger partial charge in [0.05, 0.1) is 33.5 Å². The van der Waals surface area contributed by atoms with Crippen molar-refractivity contribution >= 4 is 32.9 Å². The average Bonchev–Trinajstić information content (AvgIpc) is 3.02. The molecule has 3 aromatic carbocycles. The van der Waals surface area contributed by atoms with Gasteiger partial charge >= 0.3 is 0 Å². The molecule has 2 aliphatic rings. The number of hydrogen-bond donors (Lipinski definition) is 1. The van der Waals surface area contributed by atoms with E-state index in [-0.39, 0.29) is 22.8 Å². The molecule has 3 aromatic rings. The van der Waals surface area contributed by atoms with Gasteiger partial charge in [0.25, 0.3) is 15.7 Å². The number of rotatable bonds is 5. The van der Waals surface area contributed by atoms with Gasteiger partial charge in [-0.25, -0.2) is 8.42 Å². The van der Waals surface area contributed by atoms with Crippen molar-refractivity contribution in [1.82, 2.24) is 0 Å². The van der Waals surface area contributed by atoms with Crippen molar-refractivity contribution in [2.75, 3.05) is 9.62 Å². The summed E-state index contributed by atoms with van der Waals surface area (Å²) in [7, 11) is -3.94. The molecule has 1 aliphatic heterocycles. The highest BCUT2D eigenvalue weighted by atomic mass is 32.2. The van der Waals surface area contributed by atoms with Crippen molar-refractivity contribution in [3.8, 4) is 0 Å². The summed E-state index contributed by atoms with van der Waals surface area (Å²) >= 11 is 0. The van der Waals surface area contributed by atoms with E-state index in [4.69, 9.17) is 0 Å². The van der Waals surface area contributed by atoms with Crippen molar-refractivity contribution in [2.24, 2.45) is 0 Å². The number of carbonyl (C=O) groups is 1. The Labute approximate surface area is 191 Å². The van der Waals surface area contributed by atoms with Gasteiger partial charge in [0.2, 0.25) is 0 Å². The Kier molecular flexibility index (Phi) is 4.93. The number of fused-ring (bicyclic) bond motifs is 4. The first-order chi connectivity index (χ1) is 15.8. The van der Waals surface area contributed by atoms with E-state index < -0.39 is 32.9 Å². The molecule has 1 fully saturated rings. The molecule has 3 atom stereocenters. The van der Waals surface area contributed by atoms with E-state index in [9.17, 15) is 23.3 Å². The SMILES string of the molecule is Cc1ccc(S(=O)(=O)N2c3ccccc3C3C(=O)CC2C3Nc2ccc([N+](=O)[O-])cc2)cc1. The monoisotopic (exact) mass is 463 g/mol. The Morgan fingerprint density at radius 1 is 1.00 bits per heavy atom. The minimum Gasteiger partial charge on any atom is -0.379 e. The average molecular weight is 464 g/mol. The van der Waals surface area contributed by atoms with E-state index in [0.29, 0.717) is 16.9 Å². The molecular formula is C24H21N3O5S. The molecule has 0 radical (unpaired) electrons. The van der Waals surface area contributed by atoms with Crippen molar-refractivity contribution in [2.45, 2.75) is 36.2 Å². The summed E-state index contributed by atoms with van der Waals surface area (Å²) in [5.41, 5.74) is 2.66. The molecule has 3 unspecified atom stereocenters. The summed E-state index contributed by atoms with van der Waals surface area (Å²) in [6.07, 6.45) is 0.0785. The number of hydrogen-bond acceptors (Lipinski definition) is 6. The van der Waals surface area contributed by atoms with Crippen molar-refractivity contribution in [3.05, 3.63) is 94.0 Å². The summed E-state index contributed by atoms with van der Waals surface area (Å²) in [6, 6.07) is 18.5. The van der Waals surface area contributed by atoms with Crippen LogP contribution in [0.4, 0.5) is 17.1 Å². The van der Waals surface area contributed by atoms with Crippen LogP contribution in [-0.2, 0) is 14.8 Å². The maximum Gasteiger partial charge on any atom is 0.269 e. The number of non-ortho nitro benzene ring substituents is 1. The lowest BCUT2D eigenvalue weighted by atomic mass is 9.88. The van der Waals surface area contributed by atoms with Crippen LogP contribution in [-0.4, -0.2) is 31.2 Å². The second-order valence-corrected chi connectivity index (χ2v) is 10.2. The Hall–Kier alpha value is -3.72. The van der Waals surface area contributed by atoms with Gasteiger partial charge in [-0.1, -0.05) is 35.9 Å². The predicted molar refractivity (Wildman–Crippen MR) is 124 cm³/mol. The lowest BCUT2D eigenvalue weighted by Gasteiger charge is -2.41. The van der Waals surface area contributed by atoms with Gasteiger partial charge in [-0.2, -0.15) is 0 Å². The zero-order valence-electron chi connectivity index (χ0n) is 17.7. The Bertz CT molecular complexity index is 1350. The van der Waals surface area contributed by atoms with Crippen molar-refractivity contribution in [3.63, 3.8) is 0 Å². The molecule has 2 bridgehead atoms. The van der Waals surface area contributed by atoms with Gasteiger partial charge in [0.1, 0.15) is 5.78 Å². The maximum atomic E-state index is 13.8. The van der Waals surface area contributed by atoms with Crippen molar-refractivity contribution < 1.29 is 18.1 Å². The first kappa shape index (κ1) is 21.1. The summed E-state index contributed by atoms with van der Waals surface area (Å²) in [6.45, 7) is 1.89. The van der Waals surface area contributed by atoms with Crippen LogP contribution in [0.5, 0.6) is 0 Å². The molecule has 1 saturated carbocycles. The van der Waals surface area contributed by atoms with Gasteiger partial charge in [-0.15, -0.1) is 0 Å². The molecule has 1 N–H and O–H groups in total. The van der Waals surface area contributed by atoms with E-state index in [1.807, 2.05) is 6.92 Å². The zero-order chi connectivity index (χ0) is 23.3. The van der Waals surface area contributed by atoms with E-state index in [2.05, 4.69) is 5.32 Å². The number of anilines is 2. The van der Waals surface area contributed by atoms with Gasteiger partial charge < -0.3 is 5.32 Å². The molecular weight excluding hydrogens is 442 g/mol. The number of ketones is 1. The Morgan fingerprint density at radius 2 is 1.67 bits per heavy atom. The third-order valence-electron chi connectivity index (χ3n) is 6.33. The number of nitrogens with one attached hydrogen (secondary N) is 1. The fourth-order valence-corrected chi connectivity index (χ4v) is 6.49. The molecule has 1 aliphatic carbocycles. The number of aryl methyl sites for hydroxylation is 1. The molecule has 0 aromatic heterocycles. The van der Waals surface area contributed by atoms with E-state index in [0.717, 1.165) is 5.56 Å². The second-order valence-electron chi connectivity index (χ2n) is 8.36. The predicted octanol–water partition coefficient (Wildman–Crippen LogP) is 4.02. The molecule has 168 valence electrons. The van der Waals surface area contributed by atoms with Crippen LogP contribution < -0.4 is 9.62 Å². The van der Waals surface area contributed by atoms with Crippen LogP contribution in [0.3, 0.4) is 0 Å². The lowest BCUT2D eigenvalue weighted by molar-refractivity contribution is -0.384. The van der Waals surface area contributed by atoms with E-state index in [1.165, 1.54) is 16.4 Å². The van der Waals surface area contributed by atoms with E-state index >= 15 is 0 Å². The number of sulfonamides is 1. The number of benzene rings is 3. The minimum absolute atomic E-state index is 0.0338. The number of carbonyl (C=O) groups excluding carboxylic acids is 1. The number of para-hydroxylation sites is 1. The fraction of sp³-hybridized carbons (Fsp3) is 0.208. The number of nitro benzene ring substituents is 1. The Balaban J connectivity index is 1.60. The van der Waals surface area contributed by atoms with Crippen LogP contribution in [0, 0.1) is 17.0 Å². The van der Waals surface area contributed by atoms with Crippen LogP contribution in [0.15, 0.2) is 77.7 Å². The van der Waals surface area contributed by atoms with Gasteiger partial charge in [0.15, 0.2) is 0 Å². The molecule has 33 heavy (non-hydrogen) atoms. The van der Waals surface area contributed by atoms with Crippen LogP contribution in [0.2, 0.25) is 0 Å². The highest BCUT2D eigenvalue weighted by Crippen LogP contribution is 2.48. The zero-order valence-corrected chi connectivity index (χ0v) is 18.5. The normalized spacial score (nSPS) is 21.5. The number of nitro groups is 1. The lowest BCUT2D eigenvalue weighted by Crippen LogP contribution is -2.51. The number of nitrogens with zero attached hydrogens (tertiary/aromatic N) is 2. The van der Waals surface area contributed by atoms with Crippen LogP contribution in [0.25, 0.3) is 0 Å². The molecule has 9 heteroatoms. The van der Waals surface area contributed by atoms with E-state index in [1.54, 1.807) is 60.7 Å². The summed E-state index contributed by atoms with van der Waals surface area (Å²) in [5, 5.41) is 14.3. The van der Waals surface area contributed by atoms with Crippen LogP contribution in [0.1, 0.15) is 23.5 Å². The topological polar surface area (TPSA) is 110 Å². The molecule has 0 spiro atoms.